The topological polar surface area (TPSA) is 33.1 Å². The molecule has 0 fully saturated rings. The highest BCUT2D eigenvalue weighted by Gasteiger charge is 2.02. The summed E-state index contributed by atoms with van der Waals surface area (Å²) in [7, 11) is 4.10. The van der Waals surface area contributed by atoms with Crippen molar-refractivity contribution in [2.75, 3.05) is 32.1 Å². The van der Waals surface area contributed by atoms with E-state index in [-0.39, 0.29) is 0 Å². The summed E-state index contributed by atoms with van der Waals surface area (Å²) < 4.78 is 2.00. The number of aromatic nitrogens is 2. The molecule has 0 aromatic carbocycles. The Balaban J connectivity index is 2.39. The Morgan fingerprint density at radius 1 is 1.53 bits per heavy atom. The van der Waals surface area contributed by atoms with Gasteiger partial charge in [-0.15, -0.1) is 0 Å². The van der Waals surface area contributed by atoms with Crippen molar-refractivity contribution in [1.82, 2.24) is 15.1 Å². The van der Waals surface area contributed by atoms with E-state index in [1.165, 1.54) is 5.69 Å². The number of nitrogens with zero attached hydrogens (tertiary/aromatic N) is 3. The van der Waals surface area contributed by atoms with Gasteiger partial charge >= 0.3 is 0 Å². The minimum Gasteiger partial charge on any atom is -0.372 e. The van der Waals surface area contributed by atoms with Crippen molar-refractivity contribution in [3.05, 3.63) is 12.4 Å². The van der Waals surface area contributed by atoms with Crippen LogP contribution in [0.1, 0.15) is 19.8 Å². The predicted octanol–water partition coefficient (Wildman–Crippen LogP) is 1.34. The molecule has 0 amide bonds. The van der Waals surface area contributed by atoms with Crippen molar-refractivity contribution in [2.24, 2.45) is 0 Å². The molecule has 0 aliphatic carbocycles. The third-order valence-corrected chi connectivity index (χ3v) is 2.43. The van der Waals surface area contributed by atoms with Gasteiger partial charge in [0.2, 0.25) is 0 Å². The van der Waals surface area contributed by atoms with Crippen molar-refractivity contribution in [3.63, 3.8) is 0 Å². The fourth-order valence-corrected chi connectivity index (χ4v) is 1.52. The third-order valence-electron chi connectivity index (χ3n) is 2.43. The Morgan fingerprint density at radius 2 is 2.33 bits per heavy atom. The molecule has 1 aromatic heterocycles. The van der Waals surface area contributed by atoms with Gasteiger partial charge in [-0.1, -0.05) is 6.92 Å². The van der Waals surface area contributed by atoms with Crippen LogP contribution in [0.3, 0.4) is 0 Å². The first-order chi connectivity index (χ1) is 7.27. The molecule has 0 saturated heterocycles. The van der Waals surface area contributed by atoms with Crippen LogP contribution in [0.15, 0.2) is 12.4 Å². The molecule has 0 spiro atoms. The lowest BCUT2D eigenvalue weighted by atomic mass is 10.3. The first-order valence-electron chi connectivity index (χ1n) is 5.66. The number of anilines is 1. The molecule has 0 aliphatic rings. The average Bonchev–Trinajstić information content (AvgIpc) is 2.67. The van der Waals surface area contributed by atoms with Gasteiger partial charge in [-0.05, 0) is 26.4 Å². The minimum absolute atomic E-state index is 1.00. The van der Waals surface area contributed by atoms with Crippen LogP contribution < -0.4 is 10.2 Å². The summed E-state index contributed by atoms with van der Waals surface area (Å²) in [6.07, 6.45) is 6.34. The molecule has 1 heterocycles. The molecule has 1 rings (SSSR count). The Bertz CT molecular complexity index is 269. The second-order valence-electron chi connectivity index (χ2n) is 3.84. The van der Waals surface area contributed by atoms with E-state index in [2.05, 4.69) is 35.5 Å². The third kappa shape index (κ3) is 3.91. The highest BCUT2D eigenvalue weighted by atomic mass is 15.3. The van der Waals surface area contributed by atoms with Crippen LogP contribution >= 0.6 is 0 Å². The van der Waals surface area contributed by atoms with Gasteiger partial charge in [-0.3, -0.25) is 4.68 Å². The van der Waals surface area contributed by atoms with Gasteiger partial charge in [0.15, 0.2) is 0 Å². The maximum Gasteiger partial charge on any atom is 0.0749 e. The van der Waals surface area contributed by atoms with E-state index < -0.39 is 0 Å². The van der Waals surface area contributed by atoms with Crippen LogP contribution in [0.5, 0.6) is 0 Å². The number of nitrogens with one attached hydrogen (secondary N) is 1. The van der Waals surface area contributed by atoms with Gasteiger partial charge in [0.1, 0.15) is 0 Å². The van der Waals surface area contributed by atoms with Gasteiger partial charge in [0.05, 0.1) is 11.9 Å². The Kier molecular flexibility index (Phi) is 5.18. The van der Waals surface area contributed by atoms with E-state index in [0.717, 1.165) is 32.5 Å². The van der Waals surface area contributed by atoms with E-state index >= 15 is 0 Å². The number of hydrogen-bond acceptors (Lipinski definition) is 3. The van der Waals surface area contributed by atoms with Crippen LogP contribution in [-0.2, 0) is 6.54 Å². The lowest BCUT2D eigenvalue weighted by Crippen LogP contribution is -2.21. The quantitative estimate of drug-likeness (QED) is 0.689. The summed E-state index contributed by atoms with van der Waals surface area (Å²) in [5, 5.41) is 7.47. The monoisotopic (exact) mass is 210 g/mol. The predicted molar refractivity (Wildman–Crippen MR) is 64.3 cm³/mol. The standard InChI is InChI=1S/C11H22N4/c1-4-7-15-10-11(9-13-15)14(3)8-5-6-12-2/h9-10,12H,4-8H2,1-3H3. The molecule has 4 heteroatoms. The minimum atomic E-state index is 1.00. The van der Waals surface area contributed by atoms with E-state index in [1.807, 2.05) is 17.9 Å². The molecule has 1 N–H and O–H groups in total. The molecule has 86 valence electrons. The second-order valence-corrected chi connectivity index (χ2v) is 3.84. The zero-order valence-electron chi connectivity index (χ0n) is 10.0. The fourth-order valence-electron chi connectivity index (χ4n) is 1.52. The molecule has 0 bridgehead atoms. The maximum atomic E-state index is 4.31. The summed E-state index contributed by atoms with van der Waals surface area (Å²) >= 11 is 0. The normalized spacial score (nSPS) is 10.6. The number of hydrogen-bond donors (Lipinski definition) is 1. The number of aryl methyl sites for hydroxylation is 1. The first kappa shape index (κ1) is 12.0. The average molecular weight is 210 g/mol. The molecular weight excluding hydrogens is 188 g/mol. The second kappa shape index (κ2) is 6.45. The lowest BCUT2D eigenvalue weighted by Gasteiger charge is -2.16. The van der Waals surface area contributed by atoms with Crippen LogP contribution in [0.25, 0.3) is 0 Å². The summed E-state index contributed by atoms with van der Waals surface area (Å²) in [6, 6.07) is 0. The van der Waals surface area contributed by atoms with E-state index in [0.29, 0.717) is 0 Å². The van der Waals surface area contributed by atoms with E-state index in [9.17, 15) is 0 Å². The zero-order valence-corrected chi connectivity index (χ0v) is 10.0. The van der Waals surface area contributed by atoms with Gasteiger partial charge in [0, 0.05) is 26.3 Å². The molecule has 0 saturated carbocycles. The van der Waals surface area contributed by atoms with Gasteiger partial charge in [-0.25, -0.2) is 0 Å². The van der Waals surface area contributed by atoms with Gasteiger partial charge < -0.3 is 10.2 Å². The molecule has 15 heavy (non-hydrogen) atoms. The van der Waals surface area contributed by atoms with Crippen LogP contribution in [0.4, 0.5) is 5.69 Å². The maximum absolute atomic E-state index is 4.31. The van der Waals surface area contributed by atoms with E-state index in [4.69, 9.17) is 0 Å². The summed E-state index contributed by atoms with van der Waals surface area (Å²) in [5.74, 6) is 0. The summed E-state index contributed by atoms with van der Waals surface area (Å²) in [4.78, 5) is 2.25. The molecule has 0 aliphatic heterocycles. The lowest BCUT2D eigenvalue weighted by molar-refractivity contribution is 0.602. The van der Waals surface area contributed by atoms with Gasteiger partial charge in [-0.2, -0.15) is 5.10 Å². The molecular formula is C11H22N4. The molecule has 0 radical (unpaired) electrons. The fraction of sp³-hybridized carbons (Fsp3) is 0.727. The van der Waals surface area contributed by atoms with Crippen molar-refractivity contribution in [1.29, 1.82) is 0 Å². The van der Waals surface area contributed by atoms with Crippen molar-refractivity contribution >= 4 is 5.69 Å². The smallest absolute Gasteiger partial charge is 0.0749 e. The van der Waals surface area contributed by atoms with Crippen LogP contribution in [-0.4, -0.2) is 37.0 Å². The summed E-state index contributed by atoms with van der Waals surface area (Å²) in [5.41, 5.74) is 1.21. The number of rotatable bonds is 7. The Hall–Kier alpha value is -1.03. The van der Waals surface area contributed by atoms with Crippen molar-refractivity contribution in [3.8, 4) is 0 Å². The molecule has 4 nitrogen and oxygen atoms in total. The Labute approximate surface area is 92.3 Å². The zero-order chi connectivity index (χ0) is 11.1. The Morgan fingerprint density at radius 3 is 3.00 bits per heavy atom. The van der Waals surface area contributed by atoms with Crippen molar-refractivity contribution in [2.45, 2.75) is 26.3 Å². The highest BCUT2D eigenvalue weighted by molar-refractivity contribution is 5.40. The SMILES string of the molecule is CCCn1cc(N(C)CCCNC)cn1. The van der Waals surface area contributed by atoms with Gasteiger partial charge in [0.25, 0.3) is 0 Å². The van der Waals surface area contributed by atoms with Crippen molar-refractivity contribution < 1.29 is 0 Å². The van der Waals surface area contributed by atoms with Crippen LogP contribution in [0.2, 0.25) is 0 Å². The molecule has 0 atom stereocenters. The molecule has 1 aromatic rings. The largest absolute Gasteiger partial charge is 0.372 e. The molecule has 0 unspecified atom stereocenters. The highest BCUT2D eigenvalue weighted by Crippen LogP contribution is 2.10. The summed E-state index contributed by atoms with van der Waals surface area (Å²) in [6.45, 7) is 5.30. The van der Waals surface area contributed by atoms with Crippen LogP contribution in [0, 0.1) is 0 Å². The first-order valence-corrected chi connectivity index (χ1v) is 5.66. The van der Waals surface area contributed by atoms with E-state index in [1.54, 1.807) is 0 Å².